The maximum Gasteiger partial charge on any atom is 0.262 e. The van der Waals surface area contributed by atoms with Crippen LogP contribution >= 0.6 is 0 Å². The summed E-state index contributed by atoms with van der Waals surface area (Å²) in [6, 6.07) is 3.62. The minimum absolute atomic E-state index is 0.0584. The van der Waals surface area contributed by atoms with E-state index in [1.54, 1.807) is 23.8 Å². The van der Waals surface area contributed by atoms with E-state index in [-0.39, 0.29) is 11.3 Å². The Morgan fingerprint density at radius 2 is 2.05 bits per heavy atom. The van der Waals surface area contributed by atoms with Gasteiger partial charge in [-0.15, -0.1) is 0 Å². The van der Waals surface area contributed by atoms with Gasteiger partial charge < -0.3 is 0 Å². The molecule has 3 rings (SSSR count). The van der Waals surface area contributed by atoms with Gasteiger partial charge in [0.2, 0.25) is 5.78 Å². The minimum atomic E-state index is -0.139. The maximum atomic E-state index is 12.4. The lowest BCUT2D eigenvalue weighted by molar-refractivity contribution is 0.101. The maximum absolute atomic E-state index is 12.4. The van der Waals surface area contributed by atoms with E-state index in [1.807, 2.05) is 19.1 Å². The topological polar surface area (TPSA) is 56.4 Å². The molecule has 0 aliphatic rings. The molecular formula is C14H13N3O2. The monoisotopic (exact) mass is 255 g/mol. The van der Waals surface area contributed by atoms with E-state index >= 15 is 0 Å². The van der Waals surface area contributed by atoms with Gasteiger partial charge in [0.05, 0.1) is 10.9 Å². The first-order valence-electron chi connectivity index (χ1n) is 5.98. The molecule has 0 radical (unpaired) electrons. The Bertz CT molecular complexity index is 887. The number of hydrogen-bond acceptors (Lipinski definition) is 3. The number of imidazole rings is 1. The summed E-state index contributed by atoms with van der Waals surface area (Å²) in [7, 11) is 1.68. The Morgan fingerprint density at radius 1 is 1.32 bits per heavy atom. The lowest BCUT2D eigenvalue weighted by Gasteiger charge is -2.10. The molecule has 0 N–H and O–H groups in total. The smallest absolute Gasteiger partial charge is 0.262 e. The summed E-state index contributed by atoms with van der Waals surface area (Å²) in [5.74, 6) is 0.473. The molecule has 0 atom stereocenters. The van der Waals surface area contributed by atoms with Crippen LogP contribution in [0.15, 0.2) is 29.3 Å². The lowest BCUT2D eigenvalue weighted by atomic mass is 10.0. The van der Waals surface area contributed by atoms with Crippen molar-refractivity contribution in [3.05, 3.63) is 46.0 Å². The summed E-state index contributed by atoms with van der Waals surface area (Å²) in [5, 5.41) is 0.540. The molecule has 0 amide bonds. The normalized spacial score (nSPS) is 11.3. The number of aromatic nitrogens is 3. The molecule has 5 heteroatoms. The molecular weight excluding hydrogens is 242 g/mol. The molecule has 2 heterocycles. The first kappa shape index (κ1) is 11.6. The van der Waals surface area contributed by atoms with Gasteiger partial charge in [-0.25, -0.2) is 4.98 Å². The van der Waals surface area contributed by atoms with Gasteiger partial charge in [0.15, 0.2) is 5.78 Å². The third-order valence-corrected chi connectivity index (χ3v) is 3.33. The Labute approximate surface area is 109 Å². The van der Waals surface area contributed by atoms with E-state index in [0.29, 0.717) is 22.2 Å². The third kappa shape index (κ3) is 1.51. The van der Waals surface area contributed by atoms with Gasteiger partial charge in [0.1, 0.15) is 0 Å². The van der Waals surface area contributed by atoms with Gasteiger partial charge >= 0.3 is 0 Å². The van der Waals surface area contributed by atoms with Gasteiger partial charge in [-0.05, 0) is 31.5 Å². The molecule has 0 bridgehead atoms. The Hall–Kier alpha value is -2.43. The van der Waals surface area contributed by atoms with E-state index in [0.717, 1.165) is 5.56 Å². The van der Waals surface area contributed by atoms with Crippen molar-refractivity contribution < 1.29 is 4.79 Å². The van der Waals surface area contributed by atoms with Crippen LogP contribution < -0.4 is 5.56 Å². The van der Waals surface area contributed by atoms with Crippen LogP contribution in [-0.2, 0) is 7.05 Å². The molecule has 96 valence electrons. The summed E-state index contributed by atoms with van der Waals surface area (Å²) >= 11 is 0. The van der Waals surface area contributed by atoms with Gasteiger partial charge in [-0.2, -0.15) is 0 Å². The molecule has 0 fully saturated rings. The Morgan fingerprint density at radius 3 is 2.74 bits per heavy atom. The Kier molecular flexibility index (Phi) is 2.32. The number of benzene rings is 1. The fourth-order valence-corrected chi connectivity index (χ4v) is 2.46. The van der Waals surface area contributed by atoms with Crippen LogP contribution in [0, 0.1) is 6.92 Å². The highest BCUT2D eigenvalue weighted by molar-refractivity contribution is 6.06. The molecule has 0 saturated heterocycles. The van der Waals surface area contributed by atoms with Crippen LogP contribution in [0.5, 0.6) is 0 Å². The van der Waals surface area contributed by atoms with E-state index in [9.17, 15) is 9.59 Å². The van der Waals surface area contributed by atoms with Crippen LogP contribution in [0.3, 0.4) is 0 Å². The molecule has 3 aromatic rings. The van der Waals surface area contributed by atoms with Crippen molar-refractivity contribution in [2.45, 2.75) is 13.8 Å². The zero-order chi connectivity index (χ0) is 13.7. The second-order valence-corrected chi connectivity index (χ2v) is 4.73. The lowest BCUT2D eigenvalue weighted by Crippen LogP contribution is -2.21. The fraction of sp³-hybridized carbons (Fsp3) is 0.214. The fourth-order valence-electron chi connectivity index (χ4n) is 2.46. The summed E-state index contributed by atoms with van der Waals surface area (Å²) < 4.78 is 3.28. The highest BCUT2D eigenvalue weighted by atomic mass is 16.1. The minimum Gasteiger partial charge on any atom is -0.294 e. The number of ketones is 1. The summed E-state index contributed by atoms with van der Waals surface area (Å²) in [6.07, 6.45) is 3.39. The predicted molar refractivity (Wildman–Crippen MR) is 72.7 cm³/mol. The molecule has 0 spiro atoms. The zero-order valence-corrected chi connectivity index (χ0v) is 11.0. The molecule has 0 aliphatic carbocycles. The standard InChI is InChI=1S/C14H13N3O2/c1-8-6-10(9(2)18)12-11(7-8)13(19)16(3)14-15-4-5-17(12)14/h4-7H,1-3H3. The SMILES string of the molecule is CC(=O)c1cc(C)cc2c(=O)n(C)c3nccn3c12. The first-order chi connectivity index (χ1) is 9.00. The van der Waals surface area contributed by atoms with Crippen molar-refractivity contribution in [3.63, 3.8) is 0 Å². The average molecular weight is 255 g/mol. The number of nitrogens with zero attached hydrogens (tertiary/aromatic N) is 3. The summed E-state index contributed by atoms with van der Waals surface area (Å²) in [5.41, 5.74) is 1.94. The molecule has 1 aromatic carbocycles. The molecule has 0 aliphatic heterocycles. The second-order valence-electron chi connectivity index (χ2n) is 4.73. The molecule has 2 aromatic heterocycles. The van der Waals surface area contributed by atoms with Crippen LogP contribution in [0.25, 0.3) is 16.7 Å². The summed E-state index contributed by atoms with van der Waals surface area (Å²) in [6.45, 7) is 3.39. The van der Waals surface area contributed by atoms with Gasteiger partial charge in [-0.3, -0.25) is 18.6 Å². The van der Waals surface area contributed by atoms with Crippen molar-refractivity contribution in [1.82, 2.24) is 14.0 Å². The highest BCUT2D eigenvalue weighted by Crippen LogP contribution is 2.20. The average Bonchev–Trinajstić information content (AvgIpc) is 2.84. The number of carbonyl (C=O) groups is 1. The largest absolute Gasteiger partial charge is 0.294 e. The Balaban J connectivity index is 2.73. The third-order valence-electron chi connectivity index (χ3n) is 3.33. The van der Waals surface area contributed by atoms with E-state index in [4.69, 9.17) is 0 Å². The quantitative estimate of drug-likeness (QED) is 0.622. The molecule has 0 saturated carbocycles. The number of Topliss-reactive ketones (excluding diaryl/α,β-unsaturated/α-hetero) is 1. The molecule has 19 heavy (non-hydrogen) atoms. The van der Waals surface area contributed by atoms with Crippen molar-refractivity contribution >= 4 is 22.5 Å². The van der Waals surface area contributed by atoms with Crippen molar-refractivity contribution in [3.8, 4) is 0 Å². The number of carbonyl (C=O) groups excluding carboxylic acids is 1. The first-order valence-corrected chi connectivity index (χ1v) is 5.98. The van der Waals surface area contributed by atoms with Crippen LogP contribution in [0.1, 0.15) is 22.8 Å². The van der Waals surface area contributed by atoms with Crippen molar-refractivity contribution in [2.24, 2.45) is 7.05 Å². The van der Waals surface area contributed by atoms with E-state index in [2.05, 4.69) is 4.98 Å². The van der Waals surface area contributed by atoms with Gasteiger partial charge in [-0.1, -0.05) is 0 Å². The van der Waals surface area contributed by atoms with Crippen molar-refractivity contribution in [1.29, 1.82) is 0 Å². The van der Waals surface area contributed by atoms with E-state index in [1.165, 1.54) is 11.5 Å². The second kappa shape index (κ2) is 3.78. The van der Waals surface area contributed by atoms with Crippen LogP contribution in [-0.4, -0.2) is 19.7 Å². The van der Waals surface area contributed by atoms with Gasteiger partial charge in [0, 0.05) is 25.0 Å². The number of fused-ring (bicyclic) bond motifs is 3. The molecule has 5 nitrogen and oxygen atoms in total. The highest BCUT2D eigenvalue weighted by Gasteiger charge is 2.15. The predicted octanol–water partition coefficient (Wildman–Crippen LogP) is 1.70. The van der Waals surface area contributed by atoms with Crippen LogP contribution in [0.4, 0.5) is 0 Å². The van der Waals surface area contributed by atoms with Crippen molar-refractivity contribution in [2.75, 3.05) is 0 Å². The van der Waals surface area contributed by atoms with Gasteiger partial charge in [0.25, 0.3) is 5.56 Å². The zero-order valence-electron chi connectivity index (χ0n) is 11.0. The van der Waals surface area contributed by atoms with Crippen LogP contribution in [0.2, 0.25) is 0 Å². The number of aryl methyl sites for hydroxylation is 2. The van der Waals surface area contributed by atoms with E-state index < -0.39 is 0 Å². The number of hydrogen-bond donors (Lipinski definition) is 0. The summed E-state index contributed by atoms with van der Waals surface area (Å²) in [4.78, 5) is 28.4. The molecule has 0 unspecified atom stereocenters. The number of rotatable bonds is 1.